The predicted octanol–water partition coefficient (Wildman–Crippen LogP) is 3.37. The van der Waals surface area contributed by atoms with Crippen molar-refractivity contribution in [3.8, 4) is 0 Å². The van der Waals surface area contributed by atoms with Crippen LogP contribution in [-0.2, 0) is 16.6 Å². The van der Waals surface area contributed by atoms with Gasteiger partial charge in [-0.2, -0.15) is 0 Å². The van der Waals surface area contributed by atoms with Crippen LogP contribution in [-0.4, -0.2) is 9.19 Å². The SMILES string of the molecule is Nc1ccc2oc(S(=O)Cc3ccccc3Cl)nc2c1. The first-order valence-electron chi connectivity index (χ1n) is 5.91. The van der Waals surface area contributed by atoms with E-state index in [1.807, 2.05) is 18.2 Å². The van der Waals surface area contributed by atoms with Crippen LogP contribution in [0.1, 0.15) is 5.56 Å². The number of anilines is 1. The number of hydrogen-bond donors (Lipinski definition) is 1. The Morgan fingerprint density at radius 3 is 2.85 bits per heavy atom. The summed E-state index contributed by atoms with van der Waals surface area (Å²) in [5, 5.41) is 0.770. The van der Waals surface area contributed by atoms with Gasteiger partial charge in [0, 0.05) is 10.7 Å². The van der Waals surface area contributed by atoms with E-state index in [4.69, 9.17) is 21.8 Å². The summed E-state index contributed by atoms with van der Waals surface area (Å²) in [5.74, 6) is 0.266. The number of nitrogens with two attached hydrogens (primary N) is 1. The lowest BCUT2D eigenvalue weighted by molar-refractivity contribution is 0.477. The molecule has 0 bridgehead atoms. The van der Waals surface area contributed by atoms with Gasteiger partial charge in [-0.05, 0) is 29.8 Å². The van der Waals surface area contributed by atoms with Gasteiger partial charge in [0.1, 0.15) is 16.3 Å². The third-order valence-corrected chi connectivity index (χ3v) is 4.34. The van der Waals surface area contributed by atoms with E-state index in [1.165, 1.54) is 0 Å². The zero-order valence-corrected chi connectivity index (χ0v) is 11.9. The molecule has 2 aromatic carbocycles. The summed E-state index contributed by atoms with van der Waals surface area (Å²) < 4.78 is 17.8. The minimum atomic E-state index is -1.39. The van der Waals surface area contributed by atoms with Crippen LogP contribution in [0.3, 0.4) is 0 Å². The molecule has 0 fully saturated rings. The summed E-state index contributed by atoms with van der Waals surface area (Å²) in [6, 6.07) is 12.4. The number of benzene rings is 2. The van der Waals surface area contributed by atoms with E-state index < -0.39 is 10.8 Å². The van der Waals surface area contributed by atoms with E-state index in [1.54, 1.807) is 24.3 Å². The molecule has 20 heavy (non-hydrogen) atoms. The lowest BCUT2D eigenvalue weighted by Crippen LogP contribution is -1.97. The second-order valence-electron chi connectivity index (χ2n) is 4.29. The van der Waals surface area contributed by atoms with Gasteiger partial charge in [0.05, 0.1) is 5.75 Å². The van der Waals surface area contributed by atoms with Crippen LogP contribution in [0.25, 0.3) is 11.1 Å². The molecule has 0 radical (unpaired) electrons. The molecule has 1 aromatic heterocycles. The monoisotopic (exact) mass is 306 g/mol. The van der Waals surface area contributed by atoms with Gasteiger partial charge in [-0.15, -0.1) is 0 Å². The standard InChI is InChI=1S/C14H11ClN2O2S/c15-11-4-2-1-3-9(11)8-20(18)14-17-12-7-10(16)5-6-13(12)19-14/h1-7H,8,16H2. The van der Waals surface area contributed by atoms with Gasteiger partial charge in [0.15, 0.2) is 5.58 Å². The Balaban J connectivity index is 1.91. The second-order valence-corrected chi connectivity index (χ2v) is 6.02. The van der Waals surface area contributed by atoms with Crippen molar-refractivity contribution in [2.45, 2.75) is 11.0 Å². The molecule has 0 saturated carbocycles. The molecule has 102 valence electrons. The first-order valence-corrected chi connectivity index (χ1v) is 7.61. The molecule has 1 unspecified atom stereocenters. The maximum atomic E-state index is 12.3. The molecule has 1 heterocycles. The zero-order valence-electron chi connectivity index (χ0n) is 10.4. The van der Waals surface area contributed by atoms with Crippen molar-refractivity contribution in [1.29, 1.82) is 0 Å². The van der Waals surface area contributed by atoms with Gasteiger partial charge in [-0.3, -0.25) is 0 Å². The van der Waals surface area contributed by atoms with Gasteiger partial charge in [-0.1, -0.05) is 29.8 Å². The first kappa shape index (κ1) is 13.1. The van der Waals surface area contributed by atoms with Crippen LogP contribution in [0.5, 0.6) is 0 Å². The number of nitrogen functional groups attached to an aromatic ring is 1. The Kier molecular flexibility index (Phi) is 3.46. The smallest absolute Gasteiger partial charge is 0.288 e. The van der Waals surface area contributed by atoms with Crippen molar-refractivity contribution in [3.63, 3.8) is 0 Å². The molecular formula is C14H11ClN2O2S. The van der Waals surface area contributed by atoms with E-state index in [0.29, 0.717) is 21.8 Å². The summed E-state index contributed by atoms with van der Waals surface area (Å²) in [7, 11) is -1.39. The summed E-state index contributed by atoms with van der Waals surface area (Å²) >= 11 is 6.05. The summed E-state index contributed by atoms with van der Waals surface area (Å²) in [4.78, 5) is 4.21. The fourth-order valence-electron chi connectivity index (χ4n) is 1.84. The zero-order chi connectivity index (χ0) is 14.1. The van der Waals surface area contributed by atoms with Crippen LogP contribution in [0.15, 0.2) is 52.1 Å². The Morgan fingerprint density at radius 2 is 2.05 bits per heavy atom. The highest BCUT2D eigenvalue weighted by molar-refractivity contribution is 7.84. The molecule has 3 aromatic rings. The molecule has 0 aliphatic heterocycles. The molecule has 0 spiro atoms. The minimum Gasteiger partial charge on any atom is -0.430 e. The second kappa shape index (κ2) is 5.26. The van der Waals surface area contributed by atoms with Crippen molar-refractivity contribution in [3.05, 3.63) is 53.1 Å². The third kappa shape index (κ3) is 2.55. The highest BCUT2D eigenvalue weighted by Gasteiger charge is 2.14. The fourth-order valence-corrected chi connectivity index (χ4v) is 3.16. The molecular weight excluding hydrogens is 296 g/mol. The van der Waals surface area contributed by atoms with Crippen molar-refractivity contribution in [2.75, 3.05) is 5.73 Å². The summed E-state index contributed by atoms with van der Waals surface area (Å²) in [6.45, 7) is 0. The number of nitrogens with zero attached hydrogens (tertiary/aromatic N) is 1. The number of oxazole rings is 1. The van der Waals surface area contributed by atoms with Gasteiger partial charge in [-0.25, -0.2) is 9.19 Å². The molecule has 0 aliphatic rings. The van der Waals surface area contributed by atoms with Crippen molar-refractivity contribution < 1.29 is 8.63 Å². The molecule has 3 rings (SSSR count). The predicted molar refractivity (Wildman–Crippen MR) is 80.0 cm³/mol. The quantitative estimate of drug-likeness (QED) is 0.753. The maximum absolute atomic E-state index is 12.3. The number of halogens is 1. The largest absolute Gasteiger partial charge is 0.430 e. The van der Waals surface area contributed by atoms with Crippen LogP contribution in [0.4, 0.5) is 5.69 Å². The Bertz CT molecular complexity index is 801. The van der Waals surface area contributed by atoms with E-state index in [2.05, 4.69) is 4.98 Å². The van der Waals surface area contributed by atoms with Crippen LogP contribution >= 0.6 is 11.6 Å². The first-order chi connectivity index (χ1) is 9.63. The van der Waals surface area contributed by atoms with Gasteiger partial charge in [0.2, 0.25) is 0 Å². The van der Waals surface area contributed by atoms with E-state index in [-0.39, 0.29) is 11.0 Å². The average Bonchev–Trinajstić information content (AvgIpc) is 2.84. The van der Waals surface area contributed by atoms with E-state index in [0.717, 1.165) is 5.56 Å². The highest BCUT2D eigenvalue weighted by atomic mass is 35.5. The summed E-state index contributed by atoms with van der Waals surface area (Å²) in [5.41, 5.74) is 8.25. The average molecular weight is 307 g/mol. The molecule has 1 atom stereocenters. The molecule has 0 saturated heterocycles. The number of rotatable bonds is 3. The molecule has 6 heteroatoms. The van der Waals surface area contributed by atoms with Crippen molar-refractivity contribution in [2.24, 2.45) is 0 Å². The Labute approximate surface area is 123 Å². The molecule has 0 amide bonds. The lowest BCUT2D eigenvalue weighted by atomic mass is 10.2. The Morgan fingerprint density at radius 1 is 1.25 bits per heavy atom. The highest BCUT2D eigenvalue weighted by Crippen LogP contribution is 2.23. The number of fused-ring (bicyclic) bond motifs is 1. The van der Waals surface area contributed by atoms with E-state index >= 15 is 0 Å². The molecule has 2 N–H and O–H groups in total. The topological polar surface area (TPSA) is 69.1 Å². The third-order valence-electron chi connectivity index (χ3n) is 2.83. The van der Waals surface area contributed by atoms with Gasteiger partial charge < -0.3 is 10.2 Å². The normalized spacial score (nSPS) is 12.7. The summed E-state index contributed by atoms with van der Waals surface area (Å²) in [6.07, 6.45) is 0. The van der Waals surface area contributed by atoms with Crippen molar-refractivity contribution in [1.82, 2.24) is 4.98 Å². The number of hydrogen-bond acceptors (Lipinski definition) is 4. The number of aromatic nitrogens is 1. The molecule has 4 nitrogen and oxygen atoms in total. The van der Waals surface area contributed by atoms with Crippen molar-refractivity contribution >= 4 is 39.2 Å². The lowest BCUT2D eigenvalue weighted by Gasteiger charge is -2.01. The fraction of sp³-hybridized carbons (Fsp3) is 0.0714. The Hall–Kier alpha value is -1.85. The van der Waals surface area contributed by atoms with Crippen LogP contribution in [0.2, 0.25) is 5.02 Å². The van der Waals surface area contributed by atoms with Gasteiger partial charge >= 0.3 is 0 Å². The van der Waals surface area contributed by atoms with Crippen LogP contribution < -0.4 is 5.73 Å². The minimum absolute atomic E-state index is 0.186. The van der Waals surface area contributed by atoms with Crippen LogP contribution in [0, 0.1) is 0 Å². The maximum Gasteiger partial charge on any atom is 0.288 e. The van der Waals surface area contributed by atoms with E-state index in [9.17, 15) is 4.21 Å². The molecule has 0 aliphatic carbocycles. The van der Waals surface area contributed by atoms with Gasteiger partial charge in [0.25, 0.3) is 5.22 Å².